The number of nitrogens with zero attached hydrogens (tertiary/aromatic N) is 1. The van der Waals surface area contributed by atoms with Gasteiger partial charge in [-0.05, 0) is 55.3 Å². The SMILES string of the molecule is Cc1cc(C)cc(NC(=O)c2cccc(-n3c(N)c4c(cc3=O)C(=O)NC4=O)c2)c1. The maximum atomic E-state index is 12.7. The average molecular weight is 402 g/mol. The summed E-state index contributed by atoms with van der Waals surface area (Å²) in [5, 5.41) is 4.96. The molecule has 4 N–H and O–H groups in total. The van der Waals surface area contributed by atoms with Crippen LogP contribution in [-0.4, -0.2) is 22.3 Å². The third kappa shape index (κ3) is 3.24. The zero-order valence-corrected chi connectivity index (χ0v) is 16.3. The highest BCUT2D eigenvalue weighted by atomic mass is 16.2. The van der Waals surface area contributed by atoms with Gasteiger partial charge < -0.3 is 11.1 Å². The van der Waals surface area contributed by atoms with Crippen molar-refractivity contribution in [2.24, 2.45) is 0 Å². The molecule has 8 nitrogen and oxygen atoms in total. The van der Waals surface area contributed by atoms with Gasteiger partial charge in [0, 0.05) is 17.3 Å². The minimum absolute atomic E-state index is 0.0512. The first-order chi connectivity index (χ1) is 14.2. The highest BCUT2D eigenvalue weighted by Crippen LogP contribution is 2.23. The third-order valence-corrected chi connectivity index (χ3v) is 4.80. The smallest absolute Gasteiger partial charge is 0.262 e. The summed E-state index contributed by atoms with van der Waals surface area (Å²) in [6, 6.07) is 13.1. The second-order valence-electron chi connectivity index (χ2n) is 7.16. The van der Waals surface area contributed by atoms with E-state index >= 15 is 0 Å². The molecule has 2 aromatic carbocycles. The number of aromatic nitrogens is 1. The van der Waals surface area contributed by atoms with E-state index in [1.54, 1.807) is 18.2 Å². The number of benzene rings is 2. The maximum Gasteiger partial charge on any atom is 0.262 e. The number of hydrogen-bond acceptors (Lipinski definition) is 5. The summed E-state index contributed by atoms with van der Waals surface area (Å²) in [6.45, 7) is 3.88. The molecule has 30 heavy (non-hydrogen) atoms. The van der Waals surface area contributed by atoms with E-state index in [0.29, 0.717) is 16.9 Å². The first kappa shape index (κ1) is 19.1. The number of fused-ring (bicyclic) bond motifs is 1. The predicted octanol–water partition coefficient (Wildman–Crippen LogP) is 2.17. The van der Waals surface area contributed by atoms with E-state index < -0.39 is 17.4 Å². The van der Waals surface area contributed by atoms with Gasteiger partial charge in [-0.15, -0.1) is 0 Å². The maximum absolute atomic E-state index is 12.7. The Bertz CT molecular complexity index is 1290. The fraction of sp³-hybridized carbons (Fsp3) is 0.0909. The van der Waals surface area contributed by atoms with Crippen molar-refractivity contribution in [2.75, 3.05) is 11.1 Å². The largest absolute Gasteiger partial charge is 0.384 e. The number of nitrogens with one attached hydrogen (secondary N) is 2. The average Bonchev–Trinajstić information content (AvgIpc) is 2.94. The van der Waals surface area contributed by atoms with E-state index in [2.05, 4.69) is 10.6 Å². The Balaban J connectivity index is 1.73. The Morgan fingerprint density at radius 1 is 0.967 bits per heavy atom. The van der Waals surface area contributed by atoms with Crippen molar-refractivity contribution in [3.63, 3.8) is 0 Å². The molecule has 3 aromatic rings. The number of hydrogen-bond donors (Lipinski definition) is 3. The van der Waals surface area contributed by atoms with Gasteiger partial charge in [0.1, 0.15) is 5.82 Å². The lowest BCUT2D eigenvalue weighted by atomic mass is 10.1. The molecule has 0 aliphatic carbocycles. The van der Waals surface area contributed by atoms with Crippen molar-refractivity contribution in [1.82, 2.24) is 9.88 Å². The van der Waals surface area contributed by atoms with Gasteiger partial charge in [0.15, 0.2) is 0 Å². The van der Waals surface area contributed by atoms with Gasteiger partial charge in [0.25, 0.3) is 23.3 Å². The summed E-state index contributed by atoms with van der Waals surface area (Å²) in [7, 11) is 0. The van der Waals surface area contributed by atoms with Crippen LogP contribution in [0.4, 0.5) is 11.5 Å². The summed E-state index contributed by atoms with van der Waals surface area (Å²) in [5.41, 5.74) is 8.67. The first-order valence-corrected chi connectivity index (χ1v) is 9.16. The molecule has 0 saturated carbocycles. The molecule has 1 aliphatic heterocycles. The molecule has 8 heteroatoms. The zero-order valence-electron chi connectivity index (χ0n) is 16.3. The molecule has 0 atom stereocenters. The molecule has 4 rings (SSSR count). The number of amides is 3. The van der Waals surface area contributed by atoms with E-state index in [1.165, 1.54) is 6.07 Å². The lowest BCUT2D eigenvalue weighted by Gasteiger charge is -2.13. The molecule has 0 spiro atoms. The fourth-order valence-electron chi connectivity index (χ4n) is 3.58. The summed E-state index contributed by atoms with van der Waals surface area (Å²) >= 11 is 0. The van der Waals surface area contributed by atoms with Crippen molar-refractivity contribution in [1.29, 1.82) is 0 Å². The number of nitrogens with two attached hydrogens (primary N) is 1. The highest BCUT2D eigenvalue weighted by molar-refractivity contribution is 6.23. The van der Waals surface area contributed by atoms with Gasteiger partial charge in [-0.2, -0.15) is 0 Å². The Hall–Kier alpha value is -4.20. The number of anilines is 2. The quantitative estimate of drug-likeness (QED) is 0.580. The number of pyridine rings is 1. The van der Waals surface area contributed by atoms with Crippen LogP contribution in [0.3, 0.4) is 0 Å². The van der Waals surface area contributed by atoms with E-state index in [0.717, 1.165) is 21.8 Å². The second-order valence-corrected chi connectivity index (χ2v) is 7.16. The van der Waals surface area contributed by atoms with Crippen LogP contribution in [0.25, 0.3) is 5.69 Å². The van der Waals surface area contributed by atoms with Crippen molar-refractivity contribution in [2.45, 2.75) is 13.8 Å². The normalized spacial score (nSPS) is 12.5. The van der Waals surface area contributed by atoms with E-state index in [9.17, 15) is 19.2 Å². The van der Waals surface area contributed by atoms with Gasteiger partial charge in [-0.25, -0.2) is 0 Å². The van der Waals surface area contributed by atoms with Crippen molar-refractivity contribution in [3.05, 3.63) is 86.7 Å². The van der Waals surface area contributed by atoms with Gasteiger partial charge >= 0.3 is 0 Å². The summed E-state index contributed by atoms with van der Waals surface area (Å²) < 4.78 is 1.10. The molecule has 3 amide bonds. The van der Waals surface area contributed by atoms with Crippen LogP contribution in [-0.2, 0) is 0 Å². The molecular weight excluding hydrogens is 384 g/mol. The number of aryl methyl sites for hydroxylation is 2. The van der Waals surface area contributed by atoms with Crippen molar-refractivity contribution in [3.8, 4) is 5.69 Å². The highest BCUT2D eigenvalue weighted by Gasteiger charge is 2.31. The summed E-state index contributed by atoms with van der Waals surface area (Å²) in [4.78, 5) is 49.2. The van der Waals surface area contributed by atoms with Crippen LogP contribution in [0.1, 0.15) is 42.2 Å². The number of nitrogen functional groups attached to an aromatic ring is 1. The second kappa shape index (κ2) is 7.00. The number of carbonyl (C=O) groups excluding carboxylic acids is 3. The minimum Gasteiger partial charge on any atom is -0.384 e. The molecule has 1 aromatic heterocycles. The van der Waals surface area contributed by atoms with Gasteiger partial charge in [0.2, 0.25) is 0 Å². The van der Waals surface area contributed by atoms with Crippen LogP contribution in [0, 0.1) is 13.8 Å². The van der Waals surface area contributed by atoms with Crippen LogP contribution < -0.4 is 21.9 Å². The molecule has 0 saturated heterocycles. The Kier molecular flexibility index (Phi) is 4.46. The lowest BCUT2D eigenvalue weighted by molar-refractivity contribution is 0.0879. The van der Waals surface area contributed by atoms with E-state index in [-0.39, 0.29) is 22.9 Å². The van der Waals surface area contributed by atoms with Crippen LogP contribution in [0.5, 0.6) is 0 Å². The predicted molar refractivity (Wildman–Crippen MR) is 112 cm³/mol. The minimum atomic E-state index is -0.662. The number of carbonyl (C=O) groups is 3. The van der Waals surface area contributed by atoms with E-state index in [4.69, 9.17) is 5.73 Å². The Labute approximate surface area is 171 Å². The molecule has 0 bridgehead atoms. The topological polar surface area (TPSA) is 123 Å². The summed E-state index contributed by atoms with van der Waals surface area (Å²) in [6.07, 6.45) is 0. The van der Waals surface area contributed by atoms with Crippen LogP contribution in [0.15, 0.2) is 53.3 Å². The molecule has 0 radical (unpaired) electrons. The molecule has 2 heterocycles. The first-order valence-electron chi connectivity index (χ1n) is 9.16. The molecule has 150 valence electrons. The molecule has 0 unspecified atom stereocenters. The third-order valence-electron chi connectivity index (χ3n) is 4.80. The molecular formula is C22H18N4O4. The fourth-order valence-corrected chi connectivity index (χ4v) is 3.58. The van der Waals surface area contributed by atoms with Crippen molar-refractivity contribution < 1.29 is 14.4 Å². The van der Waals surface area contributed by atoms with Crippen LogP contribution >= 0.6 is 0 Å². The van der Waals surface area contributed by atoms with Crippen LogP contribution in [0.2, 0.25) is 0 Å². The van der Waals surface area contributed by atoms with Gasteiger partial charge in [-0.3, -0.25) is 29.1 Å². The van der Waals surface area contributed by atoms with E-state index in [1.807, 2.05) is 32.0 Å². The Morgan fingerprint density at radius 3 is 2.37 bits per heavy atom. The zero-order chi connectivity index (χ0) is 21.6. The number of imide groups is 1. The Morgan fingerprint density at radius 2 is 1.67 bits per heavy atom. The van der Waals surface area contributed by atoms with Crippen molar-refractivity contribution >= 4 is 29.2 Å². The molecule has 1 aliphatic rings. The monoisotopic (exact) mass is 402 g/mol. The van der Waals surface area contributed by atoms with Gasteiger partial charge in [-0.1, -0.05) is 12.1 Å². The molecule has 0 fully saturated rings. The summed E-state index contributed by atoms with van der Waals surface area (Å²) in [5.74, 6) is -1.84. The number of rotatable bonds is 3. The standard InChI is InChI=1S/C22H18N4O4/c1-11-6-12(2)8-14(7-11)24-20(28)13-4-3-5-15(9-13)26-17(27)10-16-18(19(26)23)22(30)25-21(16)29/h3-10H,23H2,1-2H3,(H,24,28)(H,25,29,30). The van der Waals surface area contributed by atoms with Gasteiger partial charge in [0.05, 0.1) is 16.8 Å². The lowest BCUT2D eigenvalue weighted by Crippen LogP contribution is -2.24.